The topological polar surface area (TPSA) is 20.2 Å². The van der Waals surface area contributed by atoms with Gasteiger partial charge in [0, 0.05) is 11.6 Å². The van der Waals surface area contributed by atoms with Crippen LogP contribution in [-0.2, 0) is 12.8 Å². The molecule has 0 aliphatic heterocycles. The van der Waals surface area contributed by atoms with Gasteiger partial charge in [-0.2, -0.15) is 0 Å². The summed E-state index contributed by atoms with van der Waals surface area (Å²) in [5, 5.41) is 9.62. The van der Waals surface area contributed by atoms with Gasteiger partial charge in [-0.15, -0.1) is 0 Å². The Labute approximate surface area is 107 Å². The van der Waals surface area contributed by atoms with Gasteiger partial charge in [0.05, 0.1) is 0 Å². The van der Waals surface area contributed by atoms with Gasteiger partial charge in [-0.1, -0.05) is 48.0 Å². The summed E-state index contributed by atoms with van der Waals surface area (Å²) in [5.74, 6) is 0. The monoisotopic (exact) mass is 246 g/mol. The molecule has 0 saturated heterocycles. The molecule has 0 aromatic heterocycles. The van der Waals surface area contributed by atoms with E-state index in [1.54, 1.807) is 0 Å². The van der Waals surface area contributed by atoms with Crippen molar-refractivity contribution < 1.29 is 5.11 Å². The zero-order valence-corrected chi connectivity index (χ0v) is 10.3. The highest BCUT2D eigenvalue weighted by Crippen LogP contribution is 2.15. The lowest BCUT2D eigenvalue weighted by molar-refractivity contribution is 0.299. The molecule has 17 heavy (non-hydrogen) atoms. The van der Waals surface area contributed by atoms with Gasteiger partial charge in [-0.3, -0.25) is 0 Å². The Hall–Kier alpha value is -1.31. The standard InChI is InChI=1S/C15H15ClO/c16-15-3-1-2-14(11-15)10-13-6-4-12(5-7-13)8-9-17/h1-7,11,17H,8-10H2. The second-order valence-electron chi connectivity index (χ2n) is 4.10. The molecule has 1 nitrogen and oxygen atoms in total. The molecule has 0 aliphatic rings. The second-order valence-corrected chi connectivity index (χ2v) is 4.53. The summed E-state index contributed by atoms with van der Waals surface area (Å²) in [5.41, 5.74) is 3.64. The van der Waals surface area contributed by atoms with Crippen LogP contribution in [0.4, 0.5) is 0 Å². The van der Waals surface area contributed by atoms with Crippen LogP contribution < -0.4 is 0 Å². The van der Waals surface area contributed by atoms with Crippen LogP contribution in [0.5, 0.6) is 0 Å². The maximum Gasteiger partial charge on any atom is 0.0471 e. The van der Waals surface area contributed by atoms with Crippen molar-refractivity contribution >= 4 is 11.6 Å². The molecule has 88 valence electrons. The van der Waals surface area contributed by atoms with Crippen LogP contribution in [0.25, 0.3) is 0 Å². The number of aliphatic hydroxyl groups is 1. The lowest BCUT2D eigenvalue weighted by Crippen LogP contribution is -1.92. The largest absolute Gasteiger partial charge is 0.396 e. The molecule has 0 saturated carbocycles. The van der Waals surface area contributed by atoms with Crippen LogP contribution in [0.2, 0.25) is 5.02 Å². The number of hydrogen-bond acceptors (Lipinski definition) is 1. The van der Waals surface area contributed by atoms with Crippen LogP contribution in [0.3, 0.4) is 0 Å². The number of benzene rings is 2. The Bertz CT molecular complexity index is 477. The third kappa shape index (κ3) is 3.58. The number of halogens is 1. The normalized spacial score (nSPS) is 10.5. The maximum absolute atomic E-state index is 8.84. The van der Waals surface area contributed by atoms with Crippen molar-refractivity contribution in [1.29, 1.82) is 0 Å². The minimum Gasteiger partial charge on any atom is -0.396 e. The van der Waals surface area contributed by atoms with E-state index in [4.69, 9.17) is 16.7 Å². The van der Waals surface area contributed by atoms with Crippen molar-refractivity contribution in [1.82, 2.24) is 0 Å². The molecule has 0 aliphatic carbocycles. The van der Waals surface area contributed by atoms with E-state index in [1.165, 1.54) is 16.7 Å². The molecule has 2 aromatic rings. The third-order valence-corrected chi connectivity index (χ3v) is 2.96. The smallest absolute Gasteiger partial charge is 0.0471 e. The maximum atomic E-state index is 8.84. The minimum atomic E-state index is 0.202. The van der Waals surface area contributed by atoms with E-state index in [9.17, 15) is 0 Å². The van der Waals surface area contributed by atoms with E-state index in [0.29, 0.717) is 0 Å². The van der Waals surface area contributed by atoms with Crippen molar-refractivity contribution in [3.8, 4) is 0 Å². The zero-order chi connectivity index (χ0) is 12.1. The summed E-state index contributed by atoms with van der Waals surface area (Å²) in [4.78, 5) is 0. The summed E-state index contributed by atoms with van der Waals surface area (Å²) >= 11 is 5.95. The van der Waals surface area contributed by atoms with Crippen LogP contribution >= 0.6 is 11.6 Å². The lowest BCUT2D eigenvalue weighted by atomic mass is 10.0. The molecule has 0 fully saturated rings. The Balaban J connectivity index is 2.08. The van der Waals surface area contributed by atoms with Gasteiger partial charge in [0.2, 0.25) is 0 Å². The quantitative estimate of drug-likeness (QED) is 0.876. The predicted molar refractivity (Wildman–Crippen MR) is 71.5 cm³/mol. The molecule has 0 unspecified atom stereocenters. The van der Waals surface area contributed by atoms with Crippen molar-refractivity contribution in [3.63, 3.8) is 0 Å². The molecule has 0 bridgehead atoms. The van der Waals surface area contributed by atoms with Gasteiger partial charge in [-0.25, -0.2) is 0 Å². The predicted octanol–water partition coefficient (Wildman–Crippen LogP) is 3.47. The fourth-order valence-electron chi connectivity index (χ4n) is 1.84. The minimum absolute atomic E-state index is 0.202. The van der Waals surface area contributed by atoms with Gasteiger partial charge >= 0.3 is 0 Å². The van der Waals surface area contributed by atoms with E-state index in [-0.39, 0.29) is 6.61 Å². The highest BCUT2D eigenvalue weighted by Gasteiger charge is 1.98. The van der Waals surface area contributed by atoms with Crippen LogP contribution in [0.1, 0.15) is 16.7 Å². The first kappa shape index (κ1) is 12.2. The Morgan fingerprint density at radius 2 is 1.59 bits per heavy atom. The summed E-state index contributed by atoms with van der Waals surface area (Å²) in [6, 6.07) is 16.3. The Morgan fingerprint density at radius 1 is 0.882 bits per heavy atom. The van der Waals surface area contributed by atoms with Crippen LogP contribution in [0.15, 0.2) is 48.5 Å². The average molecular weight is 247 g/mol. The molecule has 0 heterocycles. The Kier molecular flexibility index (Phi) is 4.18. The molecule has 0 radical (unpaired) electrons. The number of rotatable bonds is 4. The highest BCUT2D eigenvalue weighted by molar-refractivity contribution is 6.30. The number of aliphatic hydroxyl groups excluding tert-OH is 1. The van der Waals surface area contributed by atoms with Gasteiger partial charge in [0.25, 0.3) is 0 Å². The molecular formula is C15H15ClO. The first-order valence-electron chi connectivity index (χ1n) is 5.71. The second kappa shape index (κ2) is 5.85. The molecule has 0 atom stereocenters. The van der Waals surface area contributed by atoms with Crippen molar-refractivity contribution in [2.45, 2.75) is 12.8 Å². The first-order valence-corrected chi connectivity index (χ1v) is 6.09. The molecule has 2 rings (SSSR count). The molecule has 0 amide bonds. The van der Waals surface area contributed by atoms with Gasteiger partial charge in [0.15, 0.2) is 0 Å². The van der Waals surface area contributed by atoms with Crippen LogP contribution in [0, 0.1) is 0 Å². The molecule has 1 N–H and O–H groups in total. The van der Waals surface area contributed by atoms with E-state index in [1.807, 2.05) is 18.2 Å². The molecule has 2 heteroatoms. The molecule has 0 spiro atoms. The fraction of sp³-hybridized carbons (Fsp3) is 0.200. The number of hydrogen-bond donors (Lipinski definition) is 1. The van der Waals surface area contributed by atoms with E-state index in [0.717, 1.165) is 17.9 Å². The summed E-state index contributed by atoms with van der Waals surface area (Å²) < 4.78 is 0. The average Bonchev–Trinajstić information content (AvgIpc) is 2.32. The van der Waals surface area contributed by atoms with Gasteiger partial charge in [-0.05, 0) is 41.7 Å². The Morgan fingerprint density at radius 3 is 2.24 bits per heavy atom. The third-order valence-electron chi connectivity index (χ3n) is 2.72. The summed E-state index contributed by atoms with van der Waals surface area (Å²) in [6.07, 6.45) is 1.61. The zero-order valence-electron chi connectivity index (χ0n) is 9.57. The van der Waals surface area contributed by atoms with Gasteiger partial charge in [0.1, 0.15) is 0 Å². The summed E-state index contributed by atoms with van der Waals surface area (Å²) in [6.45, 7) is 0.202. The van der Waals surface area contributed by atoms with Crippen molar-refractivity contribution in [3.05, 3.63) is 70.2 Å². The summed E-state index contributed by atoms with van der Waals surface area (Å²) in [7, 11) is 0. The fourth-order valence-corrected chi connectivity index (χ4v) is 2.05. The SMILES string of the molecule is OCCc1ccc(Cc2cccc(Cl)c2)cc1. The van der Waals surface area contributed by atoms with Crippen LogP contribution in [-0.4, -0.2) is 11.7 Å². The van der Waals surface area contributed by atoms with Crippen molar-refractivity contribution in [2.75, 3.05) is 6.61 Å². The van der Waals surface area contributed by atoms with E-state index < -0.39 is 0 Å². The van der Waals surface area contributed by atoms with E-state index in [2.05, 4.69) is 30.3 Å². The molecular weight excluding hydrogens is 232 g/mol. The van der Waals surface area contributed by atoms with Gasteiger partial charge < -0.3 is 5.11 Å². The molecule has 2 aromatic carbocycles. The first-order chi connectivity index (χ1) is 8.28. The lowest BCUT2D eigenvalue weighted by Gasteiger charge is -2.04. The van der Waals surface area contributed by atoms with Crippen molar-refractivity contribution in [2.24, 2.45) is 0 Å². The van der Waals surface area contributed by atoms with E-state index >= 15 is 0 Å². The highest BCUT2D eigenvalue weighted by atomic mass is 35.5.